The predicted octanol–water partition coefficient (Wildman–Crippen LogP) is -4.94. The van der Waals surface area contributed by atoms with Crippen LogP contribution in [0.15, 0.2) is 0 Å². The predicted molar refractivity (Wildman–Crippen MR) is 72.0 cm³/mol. The van der Waals surface area contributed by atoms with Crippen molar-refractivity contribution in [1.29, 1.82) is 0 Å². The van der Waals surface area contributed by atoms with E-state index in [1.165, 1.54) is 4.90 Å². The minimum Gasteiger partial charge on any atom is -0.724 e. The molecule has 2 N–H and O–H groups in total. The second-order valence-corrected chi connectivity index (χ2v) is 6.66. The molecule has 11 nitrogen and oxygen atoms in total. The first-order chi connectivity index (χ1) is 10.8. The summed E-state index contributed by atoms with van der Waals surface area (Å²) in [5, 5.41) is 3.63. The molecular weight excluding hydrogens is 355 g/mol. The van der Waals surface area contributed by atoms with Crippen LogP contribution in [0.2, 0.25) is 0 Å². The molecule has 0 aliphatic carbocycles. The number of hydroxylamine groups is 3. The molecule has 0 aromatic rings. The van der Waals surface area contributed by atoms with Gasteiger partial charge in [-0.25, -0.2) is 18.7 Å². The Kier molecular flexibility index (Phi) is 6.47. The van der Waals surface area contributed by atoms with Crippen LogP contribution in [-0.2, 0) is 24.3 Å². The van der Waals surface area contributed by atoms with Gasteiger partial charge in [-0.15, -0.1) is 0 Å². The molecule has 2 bridgehead atoms. The van der Waals surface area contributed by atoms with E-state index in [9.17, 15) is 22.6 Å². The summed E-state index contributed by atoms with van der Waals surface area (Å²) in [7, 11) is -5.04. The van der Waals surface area contributed by atoms with Crippen molar-refractivity contribution in [3.8, 4) is 0 Å². The molecule has 0 saturated carbocycles. The Bertz CT molecular complexity index is 597. The monoisotopic (exact) mass is 372 g/mol. The quantitative estimate of drug-likeness (QED) is 0.212. The number of amides is 3. The number of carbonyl (C=O) groups is 2. The van der Waals surface area contributed by atoms with Crippen LogP contribution in [0, 0.1) is 0 Å². The summed E-state index contributed by atoms with van der Waals surface area (Å²) in [6, 6.07) is -2.15. The summed E-state index contributed by atoms with van der Waals surface area (Å²) in [5.74, 6) is -0.476. The minimum absolute atomic E-state index is 0. The van der Waals surface area contributed by atoms with Crippen molar-refractivity contribution in [2.75, 3.05) is 19.6 Å². The van der Waals surface area contributed by atoms with Gasteiger partial charge in [0, 0.05) is 13.1 Å². The maximum Gasteiger partial charge on any atom is 1.00 e. The third kappa shape index (κ3) is 4.38. The molecule has 0 spiro atoms. The first-order valence-corrected chi connectivity index (χ1v) is 8.60. The number of fused-ring (bicyclic) bond motifs is 2. The van der Waals surface area contributed by atoms with Gasteiger partial charge in [0.15, 0.2) is 0 Å². The molecule has 3 aliphatic rings. The molecule has 3 fully saturated rings. The van der Waals surface area contributed by atoms with Crippen LogP contribution in [0.5, 0.6) is 0 Å². The van der Waals surface area contributed by atoms with Crippen LogP contribution in [0.25, 0.3) is 0 Å². The molecule has 0 aromatic carbocycles. The van der Waals surface area contributed by atoms with Crippen molar-refractivity contribution in [1.82, 2.24) is 20.8 Å². The number of nitrogens with one attached hydrogen (secondary N) is 2. The number of piperidine rings is 1. The van der Waals surface area contributed by atoms with E-state index in [2.05, 4.69) is 15.1 Å². The van der Waals surface area contributed by atoms with Gasteiger partial charge < -0.3 is 14.8 Å². The summed E-state index contributed by atoms with van der Waals surface area (Å²) < 4.78 is 36.3. The summed E-state index contributed by atoms with van der Waals surface area (Å²) in [6.07, 6.45) is 1.34. The Hall–Kier alpha value is -0.470. The molecule has 130 valence electrons. The van der Waals surface area contributed by atoms with Crippen LogP contribution < -0.4 is 40.4 Å². The van der Waals surface area contributed by atoms with Crippen molar-refractivity contribution < 1.29 is 61.2 Å². The van der Waals surface area contributed by atoms with E-state index in [0.717, 1.165) is 13.0 Å². The van der Waals surface area contributed by atoms with Gasteiger partial charge in [-0.05, 0) is 25.8 Å². The molecule has 3 aliphatic heterocycles. The second-order valence-electron chi connectivity index (χ2n) is 5.69. The molecule has 0 radical (unpaired) electrons. The van der Waals surface area contributed by atoms with Gasteiger partial charge >= 0.3 is 35.6 Å². The van der Waals surface area contributed by atoms with E-state index in [1.807, 2.05) is 0 Å². The number of urea groups is 1. The zero-order valence-corrected chi connectivity index (χ0v) is 16.0. The molecule has 3 amide bonds. The smallest absolute Gasteiger partial charge is 0.724 e. The Morgan fingerprint density at radius 2 is 2.08 bits per heavy atom. The molecule has 0 aromatic heterocycles. The minimum atomic E-state index is -5.04. The van der Waals surface area contributed by atoms with Crippen LogP contribution in [0.4, 0.5) is 4.79 Å². The number of hydrogen-bond acceptors (Lipinski definition) is 8. The molecule has 13 heteroatoms. The summed E-state index contributed by atoms with van der Waals surface area (Å²) >= 11 is 0. The molecule has 0 unspecified atom stereocenters. The SMILES string of the molecule is O=C(NO[C@@H]1CCNC1)[C@@H]1CC[C@@H]2CN1C(=O)N2OS(=O)(=O)[O-].[Na+]. The second kappa shape index (κ2) is 7.83. The van der Waals surface area contributed by atoms with E-state index < -0.39 is 34.4 Å². The Morgan fingerprint density at radius 1 is 1.33 bits per heavy atom. The van der Waals surface area contributed by atoms with Gasteiger partial charge in [-0.3, -0.25) is 9.63 Å². The van der Waals surface area contributed by atoms with Crippen molar-refractivity contribution in [3.63, 3.8) is 0 Å². The zero-order valence-electron chi connectivity index (χ0n) is 13.1. The molecule has 3 heterocycles. The van der Waals surface area contributed by atoms with Gasteiger partial charge in [-0.2, -0.15) is 9.35 Å². The van der Waals surface area contributed by atoms with Gasteiger partial charge in [0.25, 0.3) is 5.91 Å². The van der Waals surface area contributed by atoms with E-state index in [1.54, 1.807) is 0 Å². The maximum atomic E-state index is 12.2. The first kappa shape index (κ1) is 19.8. The average Bonchev–Trinajstić information content (AvgIpc) is 3.08. The Balaban J connectivity index is 0.00000208. The Labute approximate surface area is 161 Å². The maximum absolute atomic E-state index is 12.2. The van der Waals surface area contributed by atoms with E-state index in [0.29, 0.717) is 24.4 Å². The fourth-order valence-electron chi connectivity index (χ4n) is 3.04. The third-order valence-electron chi connectivity index (χ3n) is 4.14. The van der Waals surface area contributed by atoms with Crippen molar-refractivity contribution in [3.05, 3.63) is 0 Å². The number of nitrogens with zero attached hydrogens (tertiary/aromatic N) is 2. The largest absolute Gasteiger partial charge is 1.00 e. The van der Waals surface area contributed by atoms with Gasteiger partial charge in [0.2, 0.25) is 10.4 Å². The molecule has 3 atom stereocenters. The van der Waals surface area contributed by atoms with Crippen LogP contribution in [-0.4, -0.2) is 72.7 Å². The van der Waals surface area contributed by atoms with Gasteiger partial charge in [0.1, 0.15) is 6.04 Å². The van der Waals surface area contributed by atoms with Gasteiger partial charge in [-0.1, -0.05) is 0 Å². The number of carbonyl (C=O) groups excluding carboxylic acids is 2. The van der Waals surface area contributed by atoms with Crippen LogP contribution >= 0.6 is 0 Å². The first-order valence-electron chi connectivity index (χ1n) is 7.26. The normalized spacial score (nSPS) is 29.5. The summed E-state index contributed by atoms with van der Waals surface area (Å²) in [5.41, 5.74) is 2.35. The number of hydrogen-bond donors (Lipinski definition) is 2. The van der Waals surface area contributed by atoms with Crippen LogP contribution in [0.1, 0.15) is 19.3 Å². The molecule has 3 saturated heterocycles. The summed E-state index contributed by atoms with van der Waals surface area (Å²) in [4.78, 5) is 30.8. The fourth-order valence-corrected chi connectivity index (χ4v) is 3.42. The topological polar surface area (TPSA) is 140 Å². The van der Waals surface area contributed by atoms with E-state index in [4.69, 9.17) is 4.84 Å². The molecule has 3 rings (SSSR count). The molecule has 24 heavy (non-hydrogen) atoms. The summed E-state index contributed by atoms with van der Waals surface area (Å²) in [6.45, 7) is 1.57. The average molecular weight is 372 g/mol. The van der Waals surface area contributed by atoms with Gasteiger partial charge in [0.05, 0.1) is 12.1 Å². The Morgan fingerprint density at radius 3 is 2.71 bits per heavy atom. The van der Waals surface area contributed by atoms with E-state index in [-0.39, 0.29) is 42.2 Å². The fraction of sp³-hybridized carbons (Fsp3) is 0.818. The van der Waals surface area contributed by atoms with E-state index >= 15 is 0 Å². The van der Waals surface area contributed by atoms with Crippen molar-refractivity contribution in [2.45, 2.75) is 37.5 Å². The standard InChI is InChI=1S/C11H18N4O7S.Na/c16-10(13-21-8-3-4-12-5-8)9-2-1-7-6-14(9)11(17)15(7)22-23(18,19)20;/h7-9,12H,1-6H2,(H,13,16)(H,18,19,20);/q;+1/p-1/t7-,8-,9+;/m1./s1. The van der Waals surface area contributed by atoms with Crippen molar-refractivity contribution >= 4 is 22.3 Å². The number of rotatable bonds is 5. The zero-order chi connectivity index (χ0) is 16.6. The molecular formula is C11H17N4NaO7S. The van der Waals surface area contributed by atoms with Crippen molar-refractivity contribution in [2.24, 2.45) is 0 Å². The third-order valence-corrected chi connectivity index (χ3v) is 4.48. The van der Waals surface area contributed by atoms with Crippen LogP contribution in [0.3, 0.4) is 0 Å².